The number of anilines is 1. The molecule has 0 atom stereocenters. The van der Waals surface area contributed by atoms with Gasteiger partial charge in [-0.2, -0.15) is 0 Å². The number of nitrogens with zero attached hydrogens (tertiary/aromatic N) is 3. The van der Waals surface area contributed by atoms with Gasteiger partial charge >= 0.3 is 0 Å². The number of aromatic hydroxyl groups is 1. The molecule has 0 bridgehead atoms. The molecule has 0 aliphatic heterocycles. The van der Waals surface area contributed by atoms with E-state index in [9.17, 15) is 13.5 Å². The van der Waals surface area contributed by atoms with Crippen molar-refractivity contribution >= 4 is 38.2 Å². The number of hydrogen-bond donors (Lipinski definition) is 1. The molecule has 10 heteroatoms. The summed E-state index contributed by atoms with van der Waals surface area (Å²) in [5, 5.41) is 14.8. The summed E-state index contributed by atoms with van der Waals surface area (Å²) in [6.45, 7) is 0.0139. The zero-order valence-corrected chi connectivity index (χ0v) is 17.3. The zero-order valence-electron chi connectivity index (χ0n) is 15.7. The molecule has 8 nitrogen and oxygen atoms in total. The van der Waals surface area contributed by atoms with Gasteiger partial charge in [0.05, 0.1) is 24.7 Å². The monoisotopic (exact) mass is 445 g/mol. The van der Waals surface area contributed by atoms with Gasteiger partial charge in [-0.05, 0) is 35.9 Å². The van der Waals surface area contributed by atoms with E-state index in [2.05, 4.69) is 10.1 Å². The predicted molar refractivity (Wildman–Crippen MR) is 111 cm³/mol. The normalized spacial score (nSPS) is 11.5. The van der Waals surface area contributed by atoms with E-state index in [4.69, 9.17) is 20.9 Å². The predicted octanol–water partition coefficient (Wildman–Crippen LogP) is 3.99. The number of aromatic nitrogens is 2. The van der Waals surface area contributed by atoms with Crippen LogP contribution in [0.3, 0.4) is 0 Å². The van der Waals surface area contributed by atoms with Crippen molar-refractivity contribution in [1.29, 1.82) is 0 Å². The summed E-state index contributed by atoms with van der Waals surface area (Å²) < 4.78 is 38.1. The lowest BCUT2D eigenvalue weighted by Crippen LogP contribution is -2.30. The molecule has 4 rings (SSSR count). The molecule has 0 saturated heterocycles. The average molecular weight is 446 g/mol. The SMILES string of the molecule is COc1ccc(CN(c2ccon2)S(=O)(=O)c2ccc3c(Cl)ncc(O)c3c2)cc1. The molecule has 0 fully saturated rings. The van der Waals surface area contributed by atoms with Crippen LogP contribution in [0, 0.1) is 0 Å². The Kier molecular flexibility index (Phi) is 5.23. The van der Waals surface area contributed by atoms with E-state index < -0.39 is 10.0 Å². The molecule has 2 aromatic heterocycles. The fourth-order valence-corrected chi connectivity index (χ4v) is 4.61. The van der Waals surface area contributed by atoms with Gasteiger partial charge in [-0.1, -0.05) is 28.9 Å². The first kappa shape index (κ1) is 20.0. The number of ether oxygens (including phenoxy) is 1. The van der Waals surface area contributed by atoms with Crippen LogP contribution in [0.25, 0.3) is 10.8 Å². The molecule has 154 valence electrons. The van der Waals surface area contributed by atoms with Crippen LogP contribution >= 0.6 is 11.6 Å². The molecule has 2 heterocycles. The van der Waals surface area contributed by atoms with Crippen LogP contribution in [0.5, 0.6) is 11.5 Å². The van der Waals surface area contributed by atoms with E-state index >= 15 is 0 Å². The van der Waals surface area contributed by atoms with Crippen molar-refractivity contribution in [3.63, 3.8) is 0 Å². The maximum Gasteiger partial charge on any atom is 0.265 e. The second-order valence-electron chi connectivity index (χ2n) is 6.36. The molecule has 0 spiro atoms. The van der Waals surface area contributed by atoms with Crippen molar-refractivity contribution in [3.8, 4) is 11.5 Å². The third-order valence-corrected chi connectivity index (χ3v) is 6.59. The van der Waals surface area contributed by atoms with Crippen molar-refractivity contribution in [1.82, 2.24) is 10.1 Å². The maximum absolute atomic E-state index is 13.5. The molecule has 0 unspecified atom stereocenters. The van der Waals surface area contributed by atoms with E-state index in [-0.39, 0.29) is 33.5 Å². The standard InChI is InChI=1S/C20H16ClN3O5S/c1-28-14-4-2-13(3-5-14)12-24(19-8-9-29-23-19)30(26,27)15-6-7-16-17(10-15)18(25)11-22-20(16)21/h2-11,25H,12H2,1H3. The molecule has 4 aromatic rings. The van der Waals surface area contributed by atoms with Crippen molar-refractivity contribution in [2.75, 3.05) is 11.4 Å². The number of benzene rings is 2. The highest BCUT2D eigenvalue weighted by atomic mass is 35.5. The van der Waals surface area contributed by atoms with E-state index in [1.165, 1.54) is 36.7 Å². The molecule has 0 aliphatic rings. The van der Waals surface area contributed by atoms with Gasteiger partial charge < -0.3 is 14.4 Å². The van der Waals surface area contributed by atoms with E-state index in [0.717, 1.165) is 9.87 Å². The molecular formula is C20H16ClN3O5S. The summed E-state index contributed by atoms with van der Waals surface area (Å²) in [5.74, 6) is 0.613. The smallest absolute Gasteiger partial charge is 0.265 e. The lowest BCUT2D eigenvalue weighted by molar-refractivity contribution is 0.414. The fourth-order valence-electron chi connectivity index (χ4n) is 2.98. The first-order valence-corrected chi connectivity index (χ1v) is 10.6. The Balaban J connectivity index is 1.79. The van der Waals surface area contributed by atoms with Crippen molar-refractivity contribution in [3.05, 3.63) is 71.7 Å². The summed E-state index contributed by atoms with van der Waals surface area (Å²) in [5.41, 5.74) is 0.721. The summed E-state index contributed by atoms with van der Waals surface area (Å²) >= 11 is 6.06. The summed E-state index contributed by atoms with van der Waals surface area (Å²) in [6.07, 6.45) is 2.47. The van der Waals surface area contributed by atoms with E-state index in [1.54, 1.807) is 31.4 Å². The second-order valence-corrected chi connectivity index (χ2v) is 8.58. The molecule has 2 aromatic carbocycles. The quantitative estimate of drug-likeness (QED) is 0.447. The molecule has 0 saturated carbocycles. The minimum absolute atomic E-state index is 0.0139. The van der Waals surface area contributed by atoms with Gasteiger partial charge in [0.25, 0.3) is 10.0 Å². The zero-order chi connectivity index (χ0) is 21.3. The average Bonchev–Trinajstić information content (AvgIpc) is 3.29. The third-order valence-electron chi connectivity index (χ3n) is 4.54. The van der Waals surface area contributed by atoms with Crippen molar-refractivity contribution < 1.29 is 22.8 Å². The molecule has 0 radical (unpaired) electrons. The Morgan fingerprint density at radius 1 is 1.13 bits per heavy atom. The van der Waals surface area contributed by atoms with E-state index in [0.29, 0.717) is 11.1 Å². The Labute approximate surface area is 177 Å². The van der Waals surface area contributed by atoms with Gasteiger partial charge in [0, 0.05) is 16.8 Å². The Morgan fingerprint density at radius 2 is 1.90 bits per heavy atom. The highest BCUT2D eigenvalue weighted by Crippen LogP contribution is 2.33. The van der Waals surface area contributed by atoms with E-state index in [1.807, 2.05) is 0 Å². The summed E-state index contributed by atoms with van der Waals surface area (Å²) in [4.78, 5) is 3.83. The molecular weight excluding hydrogens is 430 g/mol. The highest BCUT2D eigenvalue weighted by Gasteiger charge is 2.28. The second kappa shape index (κ2) is 7.85. The minimum Gasteiger partial charge on any atom is -0.506 e. The van der Waals surface area contributed by atoms with Gasteiger partial charge in [0.15, 0.2) is 5.82 Å². The molecule has 30 heavy (non-hydrogen) atoms. The van der Waals surface area contributed by atoms with Gasteiger partial charge in [0.2, 0.25) is 0 Å². The van der Waals surface area contributed by atoms with Crippen LogP contribution in [0.1, 0.15) is 5.56 Å². The Hall–Kier alpha value is -3.30. The van der Waals surface area contributed by atoms with Gasteiger partial charge in [-0.3, -0.25) is 0 Å². The maximum atomic E-state index is 13.5. The number of pyridine rings is 1. The molecule has 1 N–H and O–H groups in total. The lowest BCUT2D eigenvalue weighted by Gasteiger charge is -2.22. The van der Waals surface area contributed by atoms with Crippen LogP contribution in [0.4, 0.5) is 5.82 Å². The van der Waals surface area contributed by atoms with Gasteiger partial charge in [-0.25, -0.2) is 17.7 Å². The van der Waals surface area contributed by atoms with Crippen LogP contribution < -0.4 is 9.04 Å². The molecule has 0 amide bonds. The first-order valence-electron chi connectivity index (χ1n) is 8.73. The van der Waals surface area contributed by atoms with Gasteiger partial charge in [0.1, 0.15) is 22.9 Å². The first-order chi connectivity index (χ1) is 14.4. The summed E-state index contributed by atoms with van der Waals surface area (Å²) in [7, 11) is -2.50. The number of hydrogen-bond acceptors (Lipinski definition) is 7. The van der Waals surface area contributed by atoms with Crippen LogP contribution in [0.2, 0.25) is 5.15 Å². The van der Waals surface area contributed by atoms with Crippen molar-refractivity contribution in [2.45, 2.75) is 11.4 Å². The molecule has 0 aliphatic carbocycles. The van der Waals surface area contributed by atoms with Crippen LogP contribution in [-0.2, 0) is 16.6 Å². The van der Waals surface area contributed by atoms with Gasteiger partial charge in [-0.15, -0.1) is 0 Å². The Morgan fingerprint density at radius 3 is 2.57 bits per heavy atom. The van der Waals surface area contributed by atoms with Crippen LogP contribution in [0.15, 0.2) is 70.4 Å². The largest absolute Gasteiger partial charge is 0.506 e. The number of sulfonamides is 1. The van der Waals surface area contributed by atoms with Crippen molar-refractivity contribution in [2.24, 2.45) is 0 Å². The number of halogens is 1. The minimum atomic E-state index is -4.05. The lowest BCUT2D eigenvalue weighted by atomic mass is 10.2. The third kappa shape index (κ3) is 3.64. The summed E-state index contributed by atoms with van der Waals surface area (Å²) in [6, 6.07) is 12.7. The Bertz CT molecular complexity index is 1290. The highest BCUT2D eigenvalue weighted by molar-refractivity contribution is 7.92. The fraction of sp³-hybridized carbons (Fsp3) is 0.100. The topological polar surface area (TPSA) is 106 Å². The number of fused-ring (bicyclic) bond motifs is 1. The number of rotatable bonds is 6. The number of methoxy groups -OCH3 is 1. The van der Waals surface area contributed by atoms with Crippen LogP contribution in [-0.4, -0.2) is 30.8 Å².